The summed E-state index contributed by atoms with van der Waals surface area (Å²) in [5, 5.41) is 22.7. The monoisotopic (exact) mass is 300 g/mol. The highest BCUT2D eigenvalue weighted by molar-refractivity contribution is 7.89. The fourth-order valence-corrected chi connectivity index (χ4v) is 3.02. The van der Waals surface area contributed by atoms with Gasteiger partial charge in [0.15, 0.2) is 5.82 Å². The van der Waals surface area contributed by atoms with Gasteiger partial charge in [-0.15, -0.1) is 10.2 Å². The summed E-state index contributed by atoms with van der Waals surface area (Å²) in [6.07, 6.45) is 0. The van der Waals surface area contributed by atoms with Gasteiger partial charge in [0.1, 0.15) is 4.90 Å². The van der Waals surface area contributed by atoms with Crippen LogP contribution in [0.4, 0.5) is 0 Å². The van der Waals surface area contributed by atoms with Crippen molar-refractivity contribution in [2.24, 2.45) is 0 Å². The molecule has 0 aliphatic heterocycles. The van der Waals surface area contributed by atoms with E-state index in [0.29, 0.717) is 17.9 Å². The lowest BCUT2D eigenvalue weighted by molar-refractivity contribution is 0.576. The highest BCUT2D eigenvalue weighted by Gasteiger charge is 2.24. The number of hydrogen-bond acceptors (Lipinski definition) is 7. The topological polar surface area (TPSA) is 141 Å². The van der Waals surface area contributed by atoms with E-state index in [2.05, 4.69) is 40.9 Å². The van der Waals surface area contributed by atoms with Crippen LogP contribution in [-0.4, -0.2) is 45.8 Å². The zero-order valence-electron chi connectivity index (χ0n) is 11.1. The lowest BCUT2D eigenvalue weighted by Gasteiger charge is -2.06. The first-order valence-corrected chi connectivity index (χ1v) is 7.49. The van der Waals surface area contributed by atoms with E-state index in [1.165, 1.54) is 0 Å². The molecule has 0 atom stereocenters. The summed E-state index contributed by atoms with van der Waals surface area (Å²) in [7, 11) is -3.69. The highest BCUT2D eigenvalue weighted by Crippen LogP contribution is 2.17. The number of rotatable bonds is 7. The van der Waals surface area contributed by atoms with Crippen molar-refractivity contribution < 1.29 is 8.42 Å². The molecule has 0 radical (unpaired) electrons. The molecule has 10 nitrogen and oxygen atoms in total. The Morgan fingerprint density at radius 1 is 1.25 bits per heavy atom. The van der Waals surface area contributed by atoms with Crippen molar-refractivity contribution >= 4 is 10.0 Å². The molecule has 110 valence electrons. The van der Waals surface area contributed by atoms with Gasteiger partial charge in [-0.2, -0.15) is 10.3 Å². The molecule has 11 heteroatoms. The second-order valence-corrected chi connectivity index (χ2v) is 5.76. The van der Waals surface area contributed by atoms with Gasteiger partial charge in [0.05, 0.1) is 17.9 Å². The summed E-state index contributed by atoms with van der Waals surface area (Å²) in [4.78, 5) is 0.155. The minimum Gasteiger partial charge on any atom is -0.311 e. The van der Waals surface area contributed by atoms with Crippen LogP contribution >= 0.6 is 0 Å². The molecule has 2 aromatic heterocycles. The average Bonchev–Trinajstić information content (AvgIpc) is 3.03. The molecule has 0 fully saturated rings. The van der Waals surface area contributed by atoms with E-state index in [0.717, 1.165) is 6.54 Å². The van der Waals surface area contributed by atoms with Crippen molar-refractivity contribution in [3.8, 4) is 0 Å². The molecule has 2 heterocycles. The van der Waals surface area contributed by atoms with Crippen LogP contribution in [0.3, 0.4) is 0 Å². The van der Waals surface area contributed by atoms with E-state index in [9.17, 15) is 8.42 Å². The van der Waals surface area contributed by atoms with Gasteiger partial charge in [-0.25, -0.2) is 13.1 Å². The Bertz CT molecular complexity index is 648. The zero-order valence-corrected chi connectivity index (χ0v) is 12.0. The summed E-state index contributed by atoms with van der Waals surface area (Å²) in [6, 6.07) is 0. The minimum absolute atomic E-state index is 0.0376. The number of tetrazole rings is 1. The minimum atomic E-state index is -3.69. The first-order valence-electron chi connectivity index (χ1n) is 6.01. The SMILES string of the molecule is CCNCc1n[nH]c(C)c1S(=O)(=O)NCc1nn[nH]n1. The number of nitrogens with zero attached hydrogens (tertiary/aromatic N) is 4. The lowest BCUT2D eigenvalue weighted by atomic mass is 10.3. The van der Waals surface area contributed by atoms with E-state index in [1.54, 1.807) is 6.92 Å². The molecule has 2 rings (SSSR count). The van der Waals surface area contributed by atoms with Crippen LogP contribution < -0.4 is 10.0 Å². The Balaban J connectivity index is 2.18. The third-order valence-corrected chi connectivity index (χ3v) is 4.19. The number of sulfonamides is 1. The summed E-state index contributed by atoms with van der Waals surface area (Å²) < 4.78 is 27.0. The third-order valence-electron chi connectivity index (χ3n) is 2.58. The number of H-pyrrole nitrogens is 2. The number of hydrogen-bond donors (Lipinski definition) is 4. The Morgan fingerprint density at radius 3 is 2.70 bits per heavy atom. The molecule has 0 aliphatic rings. The van der Waals surface area contributed by atoms with E-state index in [4.69, 9.17) is 0 Å². The van der Waals surface area contributed by atoms with Crippen LogP contribution in [0.15, 0.2) is 4.90 Å². The van der Waals surface area contributed by atoms with Gasteiger partial charge < -0.3 is 5.32 Å². The molecular formula is C9H16N8O2S. The van der Waals surface area contributed by atoms with Crippen molar-refractivity contribution in [3.63, 3.8) is 0 Å². The molecule has 0 saturated carbocycles. The van der Waals surface area contributed by atoms with Crippen LogP contribution in [0.5, 0.6) is 0 Å². The van der Waals surface area contributed by atoms with Crippen LogP contribution in [0.1, 0.15) is 24.1 Å². The van der Waals surface area contributed by atoms with Crippen LogP contribution in [-0.2, 0) is 23.1 Å². The van der Waals surface area contributed by atoms with Gasteiger partial charge in [0.25, 0.3) is 0 Å². The van der Waals surface area contributed by atoms with Gasteiger partial charge in [-0.3, -0.25) is 5.10 Å². The fraction of sp³-hybridized carbons (Fsp3) is 0.556. The Morgan fingerprint density at radius 2 is 2.05 bits per heavy atom. The van der Waals surface area contributed by atoms with Crippen molar-refractivity contribution in [1.82, 2.24) is 40.9 Å². The predicted octanol–water partition coefficient (Wildman–Crippen LogP) is -1.18. The average molecular weight is 300 g/mol. The summed E-state index contributed by atoms with van der Waals surface area (Å²) in [6.45, 7) is 4.65. The Labute approximate surface area is 115 Å². The first kappa shape index (κ1) is 14.6. The van der Waals surface area contributed by atoms with E-state index >= 15 is 0 Å². The predicted molar refractivity (Wildman–Crippen MR) is 68.9 cm³/mol. The standard InChI is InChI=1S/C9H16N8O2S/c1-3-10-4-7-9(6(2)12-13-7)20(18,19)11-5-8-14-16-17-15-8/h10-11H,3-5H2,1-2H3,(H,12,13)(H,14,15,16,17). The molecule has 2 aromatic rings. The molecule has 0 aromatic carbocycles. The highest BCUT2D eigenvalue weighted by atomic mass is 32.2. The second kappa shape index (κ2) is 6.07. The molecule has 0 aliphatic carbocycles. The summed E-state index contributed by atoms with van der Waals surface area (Å²) in [5.41, 5.74) is 0.934. The molecule has 20 heavy (non-hydrogen) atoms. The van der Waals surface area contributed by atoms with Crippen LogP contribution in [0.2, 0.25) is 0 Å². The van der Waals surface area contributed by atoms with Crippen LogP contribution in [0, 0.1) is 6.92 Å². The van der Waals surface area contributed by atoms with Crippen molar-refractivity contribution in [2.75, 3.05) is 6.54 Å². The molecule has 0 unspecified atom stereocenters. The van der Waals surface area contributed by atoms with E-state index in [1.807, 2.05) is 6.92 Å². The first-order chi connectivity index (χ1) is 9.54. The molecule has 0 spiro atoms. The van der Waals surface area contributed by atoms with Crippen molar-refractivity contribution in [1.29, 1.82) is 0 Å². The zero-order chi connectivity index (χ0) is 14.6. The second-order valence-electron chi connectivity index (χ2n) is 4.06. The van der Waals surface area contributed by atoms with Crippen molar-refractivity contribution in [2.45, 2.75) is 31.8 Å². The quantitative estimate of drug-likeness (QED) is 0.504. The number of nitrogens with one attached hydrogen (secondary N) is 4. The summed E-state index contributed by atoms with van der Waals surface area (Å²) in [5.74, 6) is 0.267. The van der Waals surface area contributed by atoms with E-state index in [-0.39, 0.29) is 17.3 Å². The maximum absolute atomic E-state index is 12.3. The van der Waals surface area contributed by atoms with Gasteiger partial charge in [-0.1, -0.05) is 12.1 Å². The number of aromatic nitrogens is 6. The smallest absolute Gasteiger partial charge is 0.244 e. The van der Waals surface area contributed by atoms with Crippen LogP contribution in [0.25, 0.3) is 0 Å². The fourth-order valence-electron chi connectivity index (χ4n) is 1.68. The maximum atomic E-state index is 12.3. The van der Waals surface area contributed by atoms with E-state index < -0.39 is 10.0 Å². The van der Waals surface area contributed by atoms with Gasteiger partial charge in [0, 0.05) is 6.54 Å². The normalized spacial score (nSPS) is 11.9. The Kier molecular flexibility index (Phi) is 4.42. The van der Waals surface area contributed by atoms with Gasteiger partial charge >= 0.3 is 0 Å². The maximum Gasteiger partial charge on any atom is 0.244 e. The molecule has 0 saturated heterocycles. The molecular weight excluding hydrogens is 284 g/mol. The van der Waals surface area contributed by atoms with Gasteiger partial charge in [0.2, 0.25) is 10.0 Å². The third kappa shape index (κ3) is 3.18. The van der Waals surface area contributed by atoms with Gasteiger partial charge in [-0.05, 0) is 13.5 Å². The summed E-state index contributed by atoms with van der Waals surface area (Å²) >= 11 is 0. The number of aryl methyl sites for hydroxylation is 1. The van der Waals surface area contributed by atoms with Crippen molar-refractivity contribution in [3.05, 3.63) is 17.2 Å². The molecule has 0 bridgehead atoms. The molecule has 4 N–H and O–H groups in total. The molecule has 0 amide bonds. The number of aromatic amines is 2. The Hall–Kier alpha value is -1.85. The lowest BCUT2D eigenvalue weighted by Crippen LogP contribution is -2.26. The largest absolute Gasteiger partial charge is 0.311 e.